The van der Waals surface area contributed by atoms with Gasteiger partial charge in [0.05, 0.1) is 23.7 Å². The van der Waals surface area contributed by atoms with Gasteiger partial charge in [-0.05, 0) is 20.8 Å². The predicted molar refractivity (Wildman–Crippen MR) is 76.6 cm³/mol. The Morgan fingerprint density at radius 1 is 1.43 bits per heavy atom. The number of nitrogens with one attached hydrogen (secondary N) is 1. The Hall–Kier alpha value is -2.09. The van der Waals surface area contributed by atoms with Gasteiger partial charge in [0, 0.05) is 13.7 Å². The molecule has 1 heterocycles. The number of nitrogen functional groups attached to an aromatic ring is 1. The topological polar surface area (TPSA) is 108 Å². The van der Waals surface area contributed by atoms with Crippen molar-refractivity contribution in [2.45, 2.75) is 33.4 Å². The summed E-state index contributed by atoms with van der Waals surface area (Å²) in [6.45, 7) is 5.72. The van der Waals surface area contributed by atoms with Gasteiger partial charge in [-0.25, -0.2) is 0 Å². The van der Waals surface area contributed by atoms with Crippen LogP contribution < -0.4 is 11.1 Å². The van der Waals surface area contributed by atoms with Crippen molar-refractivity contribution in [1.29, 1.82) is 0 Å². The molecule has 0 aromatic carbocycles. The molecule has 0 spiro atoms. The fraction of sp³-hybridized carbons (Fsp3) is 0.615. The van der Waals surface area contributed by atoms with Crippen molar-refractivity contribution in [3.8, 4) is 0 Å². The van der Waals surface area contributed by atoms with Crippen molar-refractivity contribution in [3.63, 3.8) is 0 Å². The number of hydrogen-bond donors (Lipinski definition) is 2. The summed E-state index contributed by atoms with van der Waals surface area (Å²) in [5.74, 6) is -0.914. The average molecular weight is 298 g/mol. The number of carbonyl (C=O) groups is 2. The van der Waals surface area contributed by atoms with Gasteiger partial charge in [0.15, 0.2) is 6.10 Å². The van der Waals surface area contributed by atoms with Crippen molar-refractivity contribution < 1.29 is 19.1 Å². The molecule has 1 atom stereocenters. The molecule has 0 saturated carbocycles. The first-order chi connectivity index (χ1) is 9.86. The fourth-order valence-corrected chi connectivity index (χ4v) is 1.69. The third kappa shape index (κ3) is 4.75. The first kappa shape index (κ1) is 17.0. The molecule has 0 aliphatic heterocycles. The van der Waals surface area contributed by atoms with E-state index in [2.05, 4.69) is 10.4 Å². The lowest BCUT2D eigenvalue weighted by Gasteiger charge is -2.13. The molecule has 0 aliphatic carbocycles. The lowest BCUT2D eigenvalue weighted by Crippen LogP contribution is -2.38. The van der Waals surface area contributed by atoms with E-state index in [1.807, 2.05) is 0 Å². The Bertz CT molecular complexity index is 513. The molecule has 1 amide bonds. The normalized spacial score (nSPS) is 12.0. The van der Waals surface area contributed by atoms with Crippen molar-refractivity contribution in [3.05, 3.63) is 11.4 Å². The van der Waals surface area contributed by atoms with Crippen LogP contribution in [0.5, 0.6) is 0 Å². The third-order valence-electron chi connectivity index (χ3n) is 3.00. The number of rotatable bonds is 7. The van der Waals surface area contributed by atoms with Crippen LogP contribution in [0.2, 0.25) is 0 Å². The van der Waals surface area contributed by atoms with Crippen molar-refractivity contribution in [2.24, 2.45) is 0 Å². The molecule has 8 heteroatoms. The zero-order chi connectivity index (χ0) is 16.0. The maximum atomic E-state index is 11.8. The quantitative estimate of drug-likeness (QED) is 0.532. The highest BCUT2D eigenvalue weighted by molar-refractivity contribution is 5.83. The summed E-state index contributed by atoms with van der Waals surface area (Å²) >= 11 is 0. The predicted octanol–water partition coefficient (Wildman–Crippen LogP) is -0.224. The number of aryl methyl sites for hydroxylation is 1. The molecular formula is C13H22N4O4. The fourth-order valence-electron chi connectivity index (χ4n) is 1.69. The number of ether oxygens (including phenoxy) is 2. The lowest BCUT2D eigenvalue weighted by atomic mass is 10.3. The largest absolute Gasteiger partial charge is 0.451 e. The Morgan fingerprint density at radius 2 is 2.10 bits per heavy atom. The summed E-state index contributed by atoms with van der Waals surface area (Å²) in [4.78, 5) is 23.4. The third-order valence-corrected chi connectivity index (χ3v) is 3.00. The molecule has 1 aromatic rings. The number of nitrogens with zero attached hydrogens (tertiary/aromatic N) is 2. The average Bonchev–Trinajstić information content (AvgIpc) is 2.66. The van der Waals surface area contributed by atoms with Gasteiger partial charge in [-0.1, -0.05) is 0 Å². The lowest BCUT2D eigenvalue weighted by molar-refractivity contribution is -0.155. The summed E-state index contributed by atoms with van der Waals surface area (Å²) in [5.41, 5.74) is 7.69. The molecule has 0 saturated heterocycles. The summed E-state index contributed by atoms with van der Waals surface area (Å²) in [5, 5.41) is 6.73. The minimum Gasteiger partial charge on any atom is -0.451 e. The van der Waals surface area contributed by atoms with Gasteiger partial charge in [-0.3, -0.25) is 14.3 Å². The van der Waals surface area contributed by atoms with E-state index < -0.39 is 12.1 Å². The molecule has 21 heavy (non-hydrogen) atoms. The van der Waals surface area contributed by atoms with Crippen LogP contribution in [0.1, 0.15) is 18.3 Å². The number of nitrogens with two attached hydrogens (primary N) is 1. The van der Waals surface area contributed by atoms with Gasteiger partial charge in [0.1, 0.15) is 6.54 Å². The van der Waals surface area contributed by atoms with Gasteiger partial charge in [-0.2, -0.15) is 5.10 Å². The highest BCUT2D eigenvalue weighted by atomic mass is 16.5. The van der Waals surface area contributed by atoms with Gasteiger partial charge in [0.25, 0.3) is 5.91 Å². The SMILES string of the molecule is COCCNC(=O)C(C)OC(=O)Cn1nc(C)c(N)c1C. The number of anilines is 1. The molecule has 0 radical (unpaired) electrons. The number of methoxy groups -OCH3 is 1. The molecule has 1 unspecified atom stereocenters. The van der Waals surface area contributed by atoms with Gasteiger partial charge in [0.2, 0.25) is 0 Å². The van der Waals surface area contributed by atoms with Crippen LogP contribution in [0.3, 0.4) is 0 Å². The molecule has 8 nitrogen and oxygen atoms in total. The van der Waals surface area contributed by atoms with Gasteiger partial charge >= 0.3 is 5.97 Å². The van der Waals surface area contributed by atoms with E-state index in [0.717, 1.165) is 0 Å². The highest BCUT2D eigenvalue weighted by Gasteiger charge is 2.19. The summed E-state index contributed by atoms with van der Waals surface area (Å²) in [6.07, 6.45) is -0.872. The van der Waals surface area contributed by atoms with Crippen LogP contribution in [0.15, 0.2) is 0 Å². The van der Waals surface area contributed by atoms with Crippen LogP contribution in [-0.4, -0.2) is 48.0 Å². The Morgan fingerprint density at radius 3 is 2.62 bits per heavy atom. The standard InChI is InChI=1S/C13H22N4O4/c1-8-12(14)9(2)17(16-8)7-11(18)21-10(3)13(19)15-5-6-20-4/h10H,5-7,14H2,1-4H3,(H,15,19). The smallest absolute Gasteiger partial charge is 0.328 e. The first-order valence-corrected chi connectivity index (χ1v) is 6.62. The number of amides is 1. The Labute approximate surface area is 123 Å². The molecule has 118 valence electrons. The summed E-state index contributed by atoms with van der Waals surface area (Å²) < 4.78 is 11.3. The molecule has 0 aliphatic rings. The number of aromatic nitrogens is 2. The van der Waals surface area contributed by atoms with Crippen molar-refractivity contribution in [2.75, 3.05) is 26.0 Å². The molecule has 1 aromatic heterocycles. The second-order valence-electron chi connectivity index (χ2n) is 4.66. The molecule has 0 fully saturated rings. The minimum absolute atomic E-state index is 0.0838. The summed E-state index contributed by atoms with van der Waals surface area (Å²) in [7, 11) is 1.54. The zero-order valence-electron chi connectivity index (χ0n) is 12.8. The second-order valence-corrected chi connectivity index (χ2v) is 4.66. The molecule has 3 N–H and O–H groups in total. The first-order valence-electron chi connectivity index (χ1n) is 6.62. The van der Waals surface area contributed by atoms with Crippen LogP contribution in [0.25, 0.3) is 0 Å². The summed E-state index contributed by atoms with van der Waals surface area (Å²) in [6, 6.07) is 0. The molecular weight excluding hydrogens is 276 g/mol. The highest BCUT2D eigenvalue weighted by Crippen LogP contribution is 2.14. The minimum atomic E-state index is -0.872. The molecule has 0 bridgehead atoms. The van der Waals surface area contributed by atoms with Crippen LogP contribution in [0, 0.1) is 13.8 Å². The van der Waals surface area contributed by atoms with Crippen LogP contribution in [-0.2, 0) is 25.6 Å². The van der Waals surface area contributed by atoms with Crippen molar-refractivity contribution >= 4 is 17.6 Å². The maximum absolute atomic E-state index is 11.8. The van der Waals surface area contributed by atoms with E-state index in [1.54, 1.807) is 13.8 Å². The van der Waals surface area contributed by atoms with E-state index in [1.165, 1.54) is 18.7 Å². The Balaban J connectivity index is 2.49. The van der Waals surface area contributed by atoms with E-state index in [0.29, 0.717) is 30.2 Å². The van der Waals surface area contributed by atoms with Crippen LogP contribution >= 0.6 is 0 Å². The number of hydrogen-bond acceptors (Lipinski definition) is 6. The Kier molecular flexibility index (Phi) is 6.16. The second kappa shape index (κ2) is 7.63. The van der Waals surface area contributed by atoms with Crippen molar-refractivity contribution in [1.82, 2.24) is 15.1 Å². The van der Waals surface area contributed by atoms with E-state index >= 15 is 0 Å². The van der Waals surface area contributed by atoms with Gasteiger partial charge < -0.3 is 20.5 Å². The van der Waals surface area contributed by atoms with Crippen LogP contribution in [0.4, 0.5) is 5.69 Å². The monoisotopic (exact) mass is 298 g/mol. The number of esters is 1. The van der Waals surface area contributed by atoms with E-state index in [4.69, 9.17) is 15.2 Å². The number of carbonyl (C=O) groups excluding carboxylic acids is 2. The van der Waals surface area contributed by atoms with E-state index in [-0.39, 0.29) is 12.5 Å². The molecule has 1 rings (SSSR count). The van der Waals surface area contributed by atoms with Gasteiger partial charge in [-0.15, -0.1) is 0 Å². The zero-order valence-corrected chi connectivity index (χ0v) is 12.8. The van der Waals surface area contributed by atoms with E-state index in [9.17, 15) is 9.59 Å². The maximum Gasteiger partial charge on any atom is 0.328 e.